The van der Waals surface area contributed by atoms with E-state index >= 15 is 0 Å². The SMILES string of the molecule is CCCCNc1cccc(NC(=O)c2cccc(C(=O)Nc3cccc(NCCCC)n3)c2)n1. The summed E-state index contributed by atoms with van der Waals surface area (Å²) in [4.78, 5) is 34.4. The Bertz CT molecular complexity index is 1020. The quantitative estimate of drug-likeness (QED) is 0.269. The van der Waals surface area contributed by atoms with Crippen molar-refractivity contribution in [2.45, 2.75) is 39.5 Å². The van der Waals surface area contributed by atoms with E-state index in [2.05, 4.69) is 45.1 Å². The monoisotopic (exact) mass is 460 g/mol. The van der Waals surface area contributed by atoms with Crippen molar-refractivity contribution in [2.24, 2.45) is 0 Å². The summed E-state index contributed by atoms with van der Waals surface area (Å²) in [5.74, 6) is 1.62. The van der Waals surface area contributed by atoms with Gasteiger partial charge in [0.25, 0.3) is 11.8 Å². The van der Waals surface area contributed by atoms with Crippen LogP contribution in [-0.4, -0.2) is 34.9 Å². The summed E-state index contributed by atoms with van der Waals surface area (Å²) in [6.45, 7) is 5.90. The Kier molecular flexibility index (Phi) is 9.40. The van der Waals surface area contributed by atoms with Gasteiger partial charge in [-0.2, -0.15) is 0 Å². The highest BCUT2D eigenvalue weighted by Gasteiger charge is 2.12. The molecule has 8 heteroatoms. The van der Waals surface area contributed by atoms with Crippen LogP contribution >= 0.6 is 0 Å². The first kappa shape index (κ1) is 24.7. The zero-order chi connectivity index (χ0) is 24.2. The number of amides is 2. The largest absolute Gasteiger partial charge is 0.370 e. The van der Waals surface area contributed by atoms with Crippen LogP contribution < -0.4 is 21.3 Å². The van der Waals surface area contributed by atoms with Gasteiger partial charge in [0.2, 0.25) is 0 Å². The molecule has 4 N–H and O–H groups in total. The Morgan fingerprint density at radius 3 is 1.50 bits per heavy atom. The summed E-state index contributed by atoms with van der Waals surface area (Å²) in [6.07, 6.45) is 4.26. The fourth-order valence-electron chi connectivity index (χ4n) is 3.17. The lowest BCUT2D eigenvalue weighted by Gasteiger charge is -2.10. The molecule has 0 aliphatic rings. The molecule has 178 valence electrons. The Morgan fingerprint density at radius 1 is 0.647 bits per heavy atom. The molecule has 0 saturated heterocycles. The fourth-order valence-corrected chi connectivity index (χ4v) is 3.17. The molecule has 8 nitrogen and oxygen atoms in total. The summed E-state index contributed by atoms with van der Waals surface area (Å²) in [5.41, 5.74) is 0.725. The van der Waals surface area contributed by atoms with Crippen molar-refractivity contribution in [1.29, 1.82) is 0 Å². The van der Waals surface area contributed by atoms with E-state index < -0.39 is 0 Å². The third kappa shape index (κ3) is 7.58. The standard InChI is InChI=1S/C26H32N6O2/c1-3-5-16-27-21-12-8-14-23(29-21)31-25(33)19-10-7-11-20(18-19)26(34)32-24-15-9-13-22(30-24)28-17-6-4-2/h7-15,18H,3-6,16-17H2,1-2H3,(H2,27,29,31,33)(H2,28,30,32,34). The molecule has 2 aromatic heterocycles. The zero-order valence-electron chi connectivity index (χ0n) is 19.7. The molecule has 3 rings (SSSR count). The van der Waals surface area contributed by atoms with Gasteiger partial charge in [-0.3, -0.25) is 9.59 Å². The highest BCUT2D eigenvalue weighted by Crippen LogP contribution is 2.14. The molecule has 0 bridgehead atoms. The lowest BCUT2D eigenvalue weighted by atomic mass is 10.1. The van der Waals surface area contributed by atoms with E-state index in [9.17, 15) is 9.59 Å². The van der Waals surface area contributed by atoms with Crippen molar-refractivity contribution in [3.8, 4) is 0 Å². The number of pyridine rings is 2. The van der Waals surface area contributed by atoms with Crippen molar-refractivity contribution in [2.75, 3.05) is 34.4 Å². The van der Waals surface area contributed by atoms with E-state index in [4.69, 9.17) is 0 Å². The summed E-state index contributed by atoms with van der Waals surface area (Å²) < 4.78 is 0. The second kappa shape index (κ2) is 12.9. The molecule has 0 unspecified atom stereocenters. The highest BCUT2D eigenvalue weighted by atomic mass is 16.2. The summed E-state index contributed by atoms with van der Waals surface area (Å²) in [5, 5.41) is 12.1. The maximum absolute atomic E-state index is 12.8. The van der Waals surface area contributed by atoms with Gasteiger partial charge in [-0.25, -0.2) is 9.97 Å². The van der Waals surface area contributed by atoms with Crippen LogP contribution in [0.25, 0.3) is 0 Å². The number of hydrogen-bond acceptors (Lipinski definition) is 6. The first-order valence-corrected chi connectivity index (χ1v) is 11.7. The first-order valence-electron chi connectivity index (χ1n) is 11.7. The Hall–Kier alpha value is -3.94. The number of unbranched alkanes of at least 4 members (excludes halogenated alkanes) is 2. The minimum Gasteiger partial charge on any atom is -0.370 e. The minimum absolute atomic E-state index is 0.340. The van der Waals surface area contributed by atoms with Crippen molar-refractivity contribution >= 4 is 35.1 Å². The Balaban J connectivity index is 1.63. The lowest BCUT2D eigenvalue weighted by Crippen LogP contribution is -2.17. The van der Waals surface area contributed by atoms with Crippen LogP contribution in [0, 0.1) is 0 Å². The van der Waals surface area contributed by atoms with E-state index in [1.807, 2.05) is 24.3 Å². The van der Waals surface area contributed by atoms with Crippen molar-refractivity contribution in [3.63, 3.8) is 0 Å². The predicted molar refractivity (Wildman–Crippen MR) is 138 cm³/mol. The summed E-state index contributed by atoms with van der Waals surface area (Å²) in [7, 11) is 0. The van der Waals surface area contributed by atoms with Crippen LogP contribution in [0.2, 0.25) is 0 Å². The highest BCUT2D eigenvalue weighted by molar-refractivity contribution is 6.08. The molecule has 0 atom stereocenters. The predicted octanol–water partition coefficient (Wildman–Crippen LogP) is 5.41. The van der Waals surface area contributed by atoms with Crippen LogP contribution in [-0.2, 0) is 0 Å². The number of benzene rings is 1. The van der Waals surface area contributed by atoms with Crippen LogP contribution in [0.5, 0.6) is 0 Å². The molecule has 0 aliphatic carbocycles. The van der Waals surface area contributed by atoms with Gasteiger partial charge in [0.1, 0.15) is 23.3 Å². The topological polar surface area (TPSA) is 108 Å². The minimum atomic E-state index is -0.340. The molecule has 34 heavy (non-hydrogen) atoms. The third-order valence-corrected chi connectivity index (χ3v) is 5.04. The van der Waals surface area contributed by atoms with E-state index in [1.54, 1.807) is 36.4 Å². The average molecular weight is 461 g/mol. The van der Waals surface area contributed by atoms with Crippen LogP contribution in [0.15, 0.2) is 60.7 Å². The number of hydrogen-bond donors (Lipinski definition) is 4. The van der Waals surface area contributed by atoms with Crippen molar-refractivity contribution in [3.05, 3.63) is 71.8 Å². The number of nitrogens with one attached hydrogen (secondary N) is 4. The van der Waals surface area contributed by atoms with Gasteiger partial charge in [-0.1, -0.05) is 44.9 Å². The number of rotatable bonds is 12. The number of nitrogens with zero attached hydrogens (tertiary/aromatic N) is 2. The lowest BCUT2D eigenvalue weighted by molar-refractivity contribution is 0.102. The first-order chi connectivity index (χ1) is 16.6. The molecule has 2 heterocycles. The van der Waals surface area contributed by atoms with Gasteiger partial charge in [0, 0.05) is 24.2 Å². The Morgan fingerprint density at radius 2 is 1.06 bits per heavy atom. The van der Waals surface area contributed by atoms with Gasteiger partial charge in [-0.15, -0.1) is 0 Å². The smallest absolute Gasteiger partial charge is 0.256 e. The van der Waals surface area contributed by atoms with Crippen molar-refractivity contribution < 1.29 is 9.59 Å². The van der Waals surface area contributed by atoms with Crippen LogP contribution in [0.4, 0.5) is 23.3 Å². The second-order valence-electron chi connectivity index (χ2n) is 7.87. The van der Waals surface area contributed by atoms with E-state index in [1.165, 1.54) is 0 Å². The molecule has 0 spiro atoms. The number of carbonyl (C=O) groups is 2. The van der Waals surface area contributed by atoms with E-state index in [0.29, 0.717) is 34.4 Å². The number of carbonyl (C=O) groups excluding carboxylic acids is 2. The number of aromatic nitrogens is 2. The van der Waals surface area contributed by atoms with Crippen LogP contribution in [0.3, 0.4) is 0 Å². The second-order valence-corrected chi connectivity index (χ2v) is 7.87. The fraction of sp³-hybridized carbons (Fsp3) is 0.308. The maximum Gasteiger partial charge on any atom is 0.256 e. The van der Waals surface area contributed by atoms with Crippen molar-refractivity contribution in [1.82, 2.24) is 9.97 Å². The average Bonchev–Trinajstić information content (AvgIpc) is 2.85. The zero-order valence-corrected chi connectivity index (χ0v) is 19.7. The molecular weight excluding hydrogens is 428 g/mol. The number of anilines is 4. The van der Waals surface area contributed by atoms with Crippen LogP contribution in [0.1, 0.15) is 60.2 Å². The van der Waals surface area contributed by atoms with E-state index in [-0.39, 0.29) is 11.8 Å². The summed E-state index contributed by atoms with van der Waals surface area (Å²) in [6, 6.07) is 17.4. The molecule has 2 amide bonds. The normalized spacial score (nSPS) is 10.4. The molecule has 0 radical (unpaired) electrons. The summed E-state index contributed by atoms with van der Waals surface area (Å²) >= 11 is 0. The molecule has 1 aromatic carbocycles. The molecule has 0 saturated carbocycles. The maximum atomic E-state index is 12.8. The van der Waals surface area contributed by atoms with Gasteiger partial charge >= 0.3 is 0 Å². The molecule has 3 aromatic rings. The van der Waals surface area contributed by atoms with E-state index in [0.717, 1.165) is 38.8 Å². The van der Waals surface area contributed by atoms with Gasteiger partial charge in [0.05, 0.1) is 0 Å². The Labute approximate surface area is 200 Å². The molecule has 0 fully saturated rings. The van der Waals surface area contributed by atoms with Gasteiger partial charge in [0.15, 0.2) is 0 Å². The molecular formula is C26H32N6O2. The molecule has 0 aliphatic heterocycles. The third-order valence-electron chi connectivity index (χ3n) is 5.04. The van der Waals surface area contributed by atoms with Gasteiger partial charge in [-0.05, 0) is 55.3 Å². The van der Waals surface area contributed by atoms with Gasteiger partial charge < -0.3 is 21.3 Å².